The van der Waals surface area contributed by atoms with Crippen LogP contribution in [0.4, 0.5) is 18.9 Å². The van der Waals surface area contributed by atoms with Crippen LogP contribution < -0.4 is 5.32 Å². The Kier molecular flexibility index (Phi) is 6.60. The van der Waals surface area contributed by atoms with E-state index in [4.69, 9.17) is 4.74 Å². The molecule has 2 heterocycles. The molecule has 9 nitrogen and oxygen atoms in total. The fourth-order valence-electron chi connectivity index (χ4n) is 2.97. The minimum Gasteiger partial charge on any atom is -0.379 e. The first kappa shape index (κ1) is 24.1. The number of anilines is 1. The molecule has 0 bridgehead atoms. The van der Waals surface area contributed by atoms with Gasteiger partial charge in [-0.3, -0.25) is 4.79 Å². The molecule has 174 valence electrons. The highest BCUT2D eigenvalue weighted by molar-refractivity contribution is 7.92. The number of aromatic nitrogens is 1. The second-order valence-corrected chi connectivity index (χ2v) is 10.5. The van der Waals surface area contributed by atoms with Crippen molar-refractivity contribution in [3.63, 3.8) is 0 Å². The number of nitrogens with one attached hydrogen (secondary N) is 1. The number of ether oxygens (including phenoxy) is 1. The molecule has 0 radical (unpaired) electrons. The summed E-state index contributed by atoms with van der Waals surface area (Å²) in [4.78, 5) is 15.7. The van der Waals surface area contributed by atoms with Gasteiger partial charge in [0.05, 0.1) is 23.7 Å². The second-order valence-electron chi connectivity index (χ2n) is 6.76. The summed E-state index contributed by atoms with van der Waals surface area (Å²) in [6.45, 7) is 2.30. The molecule has 0 saturated carbocycles. The van der Waals surface area contributed by atoms with Gasteiger partial charge in [-0.2, -0.15) is 17.5 Å². The maximum absolute atomic E-state index is 13.0. The molecule has 1 saturated heterocycles. The van der Waals surface area contributed by atoms with E-state index in [2.05, 4.69) is 10.3 Å². The maximum atomic E-state index is 13.0. The predicted octanol–water partition coefficient (Wildman–Crippen LogP) is 1.96. The average molecular weight is 493 g/mol. The molecule has 1 N–H and O–H groups in total. The Morgan fingerprint density at radius 2 is 1.78 bits per heavy atom. The quantitative estimate of drug-likeness (QED) is 0.676. The monoisotopic (exact) mass is 493 g/mol. The maximum Gasteiger partial charge on any atom is 0.503 e. The summed E-state index contributed by atoms with van der Waals surface area (Å²) in [5.74, 6) is -1.19. The summed E-state index contributed by atoms with van der Waals surface area (Å²) in [5, 5.41) is 0.800. The van der Waals surface area contributed by atoms with Crippen molar-refractivity contribution in [3.8, 4) is 0 Å². The number of hydrogen-bond acceptors (Lipinski definition) is 7. The molecule has 0 atom stereocenters. The number of carbonyl (C=O) groups is 1. The topological polar surface area (TPSA) is 123 Å². The lowest BCUT2D eigenvalue weighted by Crippen LogP contribution is -2.40. The zero-order valence-corrected chi connectivity index (χ0v) is 18.2. The summed E-state index contributed by atoms with van der Waals surface area (Å²) in [5.41, 5.74) is -6.15. The summed E-state index contributed by atoms with van der Waals surface area (Å²) < 4.78 is 94.7. The van der Waals surface area contributed by atoms with Crippen LogP contribution in [-0.4, -0.2) is 63.8 Å². The Morgan fingerprint density at radius 3 is 2.41 bits per heavy atom. The van der Waals surface area contributed by atoms with Gasteiger partial charge >= 0.3 is 5.51 Å². The van der Waals surface area contributed by atoms with E-state index in [0.717, 1.165) is 24.4 Å². The number of sulfone groups is 1. The molecular formula is C18H18F3N3O6S2. The van der Waals surface area contributed by atoms with Gasteiger partial charge < -0.3 is 10.1 Å². The second kappa shape index (κ2) is 8.77. The van der Waals surface area contributed by atoms with E-state index in [-0.39, 0.29) is 36.9 Å². The lowest BCUT2D eigenvalue weighted by atomic mass is 10.2. The highest BCUT2D eigenvalue weighted by Crippen LogP contribution is 2.31. The van der Waals surface area contributed by atoms with Gasteiger partial charge in [-0.25, -0.2) is 21.8 Å². The first-order valence-electron chi connectivity index (χ1n) is 9.12. The zero-order chi connectivity index (χ0) is 23.7. The SMILES string of the molecule is Cc1ccc(NC(=O)c2cccnc2S(=O)(=O)C(F)(F)F)cc1S(=O)(=O)N1CCOCC1. The van der Waals surface area contributed by atoms with Crippen molar-refractivity contribution in [1.29, 1.82) is 0 Å². The van der Waals surface area contributed by atoms with Crippen LogP contribution in [0.15, 0.2) is 46.5 Å². The molecule has 1 aromatic carbocycles. The van der Waals surface area contributed by atoms with Gasteiger partial charge in [0.1, 0.15) is 0 Å². The lowest BCUT2D eigenvalue weighted by Gasteiger charge is -2.26. The molecule has 1 fully saturated rings. The van der Waals surface area contributed by atoms with E-state index in [1.54, 1.807) is 6.92 Å². The molecule has 2 aromatic rings. The molecule has 1 amide bonds. The molecule has 0 unspecified atom stereocenters. The van der Waals surface area contributed by atoms with Gasteiger partial charge in [0.25, 0.3) is 15.7 Å². The van der Waals surface area contributed by atoms with Gasteiger partial charge in [-0.1, -0.05) is 6.07 Å². The molecule has 1 aromatic heterocycles. The number of aryl methyl sites for hydroxylation is 1. The normalized spacial score (nSPS) is 16.0. The fourth-order valence-corrected chi connectivity index (χ4v) is 5.50. The Hall–Kier alpha value is -2.55. The van der Waals surface area contributed by atoms with Crippen molar-refractivity contribution >= 4 is 31.5 Å². The minimum atomic E-state index is -5.88. The molecule has 1 aliphatic heterocycles. The van der Waals surface area contributed by atoms with E-state index < -0.39 is 41.9 Å². The van der Waals surface area contributed by atoms with Crippen LogP contribution in [0.3, 0.4) is 0 Å². The highest BCUT2D eigenvalue weighted by atomic mass is 32.2. The Labute approximate surface area is 182 Å². The van der Waals surface area contributed by atoms with Crippen molar-refractivity contribution in [2.45, 2.75) is 22.4 Å². The third-order valence-corrected chi connectivity index (χ3v) is 8.09. The van der Waals surface area contributed by atoms with Crippen molar-refractivity contribution in [3.05, 3.63) is 47.7 Å². The zero-order valence-electron chi connectivity index (χ0n) is 16.6. The Morgan fingerprint density at radius 1 is 1.12 bits per heavy atom. The summed E-state index contributed by atoms with van der Waals surface area (Å²) in [7, 11) is -9.80. The first-order chi connectivity index (χ1) is 14.9. The third kappa shape index (κ3) is 4.62. The largest absolute Gasteiger partial charge is 0.503 e. The van der Waals surface area contributed by atoms with E-state index >= 15 is 0 Å². The number of nitrogens with zero attached hydrogens (tertiary/aromatic N) is 2. The summed E-state index contributed by atoms with van der Waals surface area (Å²) in [6, 6.07) is 5.90. The van der Waals surface area contributed by atoms with E-state index in [9.17, 15) is 34.8 Å². The van der Waals surface area contributed by atoms with Gasteiger partial charge in [0.15, 0.2) is 5.03 Å². The lowest BCUT2D eigenvalue weighted by molar-refractivity contribution is -0.0438. The van der Waals surface area contributed by atoms with Crippen molar-refractivity contribution in [2.24, 2.45) is 0 Å². The van der Waals surface area contributed by atoms with E-state index in [1.165, 1.54) is 16.4 Å². The number of carbonyl (C=O) groups excluding carboxylic acids is 1. The number of morpholine rings is 1. The van der Waals surface area contributed by atoms with Gasteiger partial charge in [0.2, 0.25) is 10.0 Å². The van der Waals surface area contributed by atoms with Gasteiger partial charge in [-0.05, 0) is 36.8 Å². The van der Waals surface area contributed by atoms with Crippen LogP contribution in [0.1, 0.15) is 15.9 Å². The van der Waals surface area contributed by atoms with Crippen LogP contribution in [0.25, 0.3) is 0 Å². The van der Waals surface area contributed by atoms with Crippen molar-refractivity contribution < 1.29 is 39.5 Å². The van der Waals surface area contributed by atoms with Crippen LogP contribution in [0, 0.1) is 6.92 Å². The van der Waals surface area contributed by atoms with Gasteiger partial charge in [0, 0.05) is 25.0 Å². The Balaban J connectivity index is 1.95. The van der Waals surface area contributed by atoms with Crippen molar-refractivity contribution in [1.82, 2.24) is 9.29 Å². The van der Waals surface area contributed by atoms with Crippen LogP contribution >= 0.6 is 0 Å². The Bertz CT molecular complexity index is 1240. The first-order valence-corrected chi connectivity index (χ1v) is 12.0. The van der Waals surface area contributed by atoms with E-state index in [1.807, 2.05) is 0 Å². The number of alkyl halides is 3. The summed E-state index contributed by atoms with van der Waals surface area (Å²) >= 11 is 0. The van der Waals surface area contributed by atoms with Crippen LogP contribution in [0.5, 0.6) is 0 Å². The fraction of sp³-hybridized carbons (Fsp3) is 0.333. The molecule has 3 rings (SSSR count). The van der Waals surface area contributed by atoms with Crippen LogP contribution in [-0.2, 0) is 24.6 Å². The molecule has 14 heteroatoms. The number of halogens is 3. The number of pyridine rings is 1. The predicted molar refractivity (Wildman–Crippen MR) is 106 cm³/mol. The van der Waals surface area contributed by atoms with Crippen LogP contribution in [0.2, 0.25) is 0 Å². The smallest absolute Gasteiger partial charge is 0.379 e. The molecular weight excluding hydrogens is 475 g/mol. The van der Waals surface area contributed by atoms with E-state index in [0.29, 0.717) is 5.56 Å². The summed E-state index contributed by atoms with van der Waals surface area (Å²) in [6.07, 6.45) is 0.814. The number of benzene rings is 1. The standard InChI is InChI=1S/C18H18F3N3O6S2/c1-12-4-5-13(11-15(12)32(28,29)24-7-9-30-10-8-24)23-16(25)14-3-2-6-22-17(14)31(26,27)18(19,20)21/h2-6,11H,7-10H2,1H3,(H,23,25). The number of sulfonamides is 1. The number of rotatable bonds is 5. The van der Waals surface area contributed by atoms with Gasteiger partial charge in [-0.15, -0.1) is 0 Å². The average Bonchev–Trinajstić information content (AvgIpc) is 2.74. The minimum absolute atomic E-state index is 0.0494. The highest BCUT2D eigenvalue weighted by Gasteiger charge is 2.49. The molecule has 0 spiro atoms. The molecule has 32 heavy (non-hydrogen) atoms. The number of hydrogen-bond donors (Lipinski definition) is 1. The molecule has 1 aliphatic rings. The number of amides is 1. The third-order valence-electron chi connectivity index (χ3n) is 4.61. The van der Waals surface area contributed by atoms with Crippen molar-refractivity contribution in [2.75, 3.05) is 31.6 Å². The molecule has 0 aliphatic carbocycles.